The summed E-state index contributed by atoms with van der Waals surface area (Å²) in [6, 6.07) is 0. The van der Waals surface area contributed by atoms with Gasteiger partial charge in [-0.3, -0.25) is 9.89 Å². The molecule has 2 heterocycles. The third-order valence-electron chi connectivity index (χ3n) is 4.95. The van der Waals surface area contributed by atoms with Crippen LogP contribution in [0.2, 0.25) is 0 Å². The van der Waals surface area contributed by atoms with E-state index in [-0.39, 0.29) is 5.54 Å². The van der Waals surface area contributed by atoms with E-state index in [0.717, 1.165) is 38.0 Å². The molecule has 22 heavy (non-hydrogen) atoms. The first-order chi connectivity index (χ1) is 10.5. The van der Waals surface area contributed by atoms with Crippen molar-refractivity contribution in [2.24, 2.45) is 10.9 Å². The molecule has 2 aliphatic rings. The summed E-state index contributed by atoms with van der Waals surface area (Å²) >= 11 is 0. The molecule has 5 heteroatoms. The number of hydrogen-bond donors (Lipinski definition) is 2. The van der Waals surface area contributed by atoms with Crippen LogP contribution in [-0.4, -0.2) is 62.3 Å². The molecule has 2 atom stereocenters. The van der Waals surface area contributed by atoms with Crippen molar-refractivity contribution >= 4 is 5.96 Å². The number of guanidine groups is 1. The number of hydrogen-bond acceptors (Lipinski definition) is 3. The largest absolute Gasteiger partial charge is 0.376 e. The molecule has 2 unspecified atom stereocenters. The molecule has 0 aromatic carbocycles. The van der Waals surface area contributed by atoms with E-state index in [4.69, 9.17) is 4.74 Å². The van der Waals surface area contributed by atoms with Crippen LogP contribution in [0.5, 0.6) is 0 Å². The first-order valence-corrected chi connectivity index (χ1v) is 8.82. The smallest absolute Gasteiger partial charge is 0.191 e. The summed E-state index contributed by atoms with van der Waals surface area (Å²) in [6.07, 6.45) is 5.36. The minimum atomic E-state index is 0.149. The van der Waals surface area contributed by atoms with E-state index in [2.05, 4.69) is 41.3 Å². The molecule has 0 bridgehead atoms. The average Bonchev–Trinajstić information content (AvgIpc) is 3.01. The van der Waals surface area contributed by atoms with E-state index >= 15 is 0 Å². The molecule has 2 rings (SSSR count). The maximum absolute atomic E-state index is 5.65. The van der Waals surface area contributed by atoms with Gasteiger partial charge in [-0.25, -0.2) is 0 Å². The molecule has 0 spiro atoms. The Bertz CT molecular complexity index is 364. The molecule has 0 aromatic rings. The molecule has 0 saturated carbocycles. The van der Waals surface area contributed by atoms with E-state index in [1.54, 1.807) is 0 Å². The number of ether oxygens (including phenoxy) is 1. The highest BCUT2D eigenvalue weighted by Gasteiger charge is 2.30. The summed E-state index contributed by atoms with van der Waals surface area (Å²) in [7, 11) is 1.83. The number of aliphatic imine (C=N–C) groups is 1. The summed E-state index contributed by atoms with van der Waals surface area (Å²) in [5.41, 5.74) is 0.149. The van der Waals surface area contributed by atoms with Crippen molar-refractivity contribution in [3.05, 3.63) is 0 Å². The van der Waals surface area contributed by atoms with Crippen molar-refractivity contribution in [2.45, 2.75) is 58.1 Å². The van der Waals surface area contributed by atoms with Gasteiger partial charge >= 0.3 is 0 Å². The second-order valence-electron chi connectivity index (χ2n) is 7.45. The van der Waals surface area contributed by atoms with Gasteiger partial charge in [0.1, 0.15) is 0 Å². The lowest BCUT2D eigenvalue weighted by molar-refractivity contribution is 0.0738. The predicted octanol–water partition coefficient (Wildman–Crippen LogP) is 1.84. The van der Waals surface area contributed by atoms with Crippen molar-refractivity contribution in [1.29, 1.82) is 0 Å². The Labute approximate surface area is 135 Å². The Kier molecular flexibility index (Phi) is 6.50. The Morgan fingerprint density at radius 1 is 1.27 bits per heavy atom. The predicted molar refractivity (Wildman–Crippen MR) is 92.4 cm³/mol. The van der Waals surface area contributed by atoms with Crippen molar-refractivity contribution in [3.8, 4) is 0 Å². The Balaban J connectivity index is 1.75. The van der Waals surface area contributed by atoms with Crippen molar-refractivity contribution in [2.75, 3.05) is 39.8 Å². The summed E-state index contributed by atoms with van der Waals surface area (Å²) in [4.78, 5) is 6.95. The summed E-state index contributed by atoms with van der Waals surface area (Å²) < 4.78 is 5.65. The van der Waals surface area contributed by atoms with Crippen LogP contribution in [0.15, 0.2) is 4.99 Å². The second kappa shape index (κ2) is 8.16. The van der Waals surface area contributed by atoms with Gasteiger partial charge in [-0.05, 0) is 52.0 Å². The van der Waals surface area contributed by atoms with Gasteiger partial charge in [0.15, 0.2) is 5.96 Å². The molecule has 2 N–H and O–H groups in total. The number of nitrogens with zero attached hydrogens (tertiary/aromatic N) is 2. The molecule has 2 saturated heterocycles. The molecule has 2 aliphatic heterocycles. The lowest BCUT2D eigenvalue weighted by Crippen LogP contribution is -2.56. The third-order valence-corrected chi connectivity index (χ3v) is 4.95. The van der Waals surface area contributed by atoms with Crippen molar-refractivity contribution < 1.29 is 4.74 Å². The highest BCUT2D eigenvalue weighted by Crippen LogP contribution is 2.23. The maximum atomic E-state index is 5.65. The van der Waals surface area contributed by atoms with Crippen molar-refractivity contribution in [3.63, 3.8) is 0 Å². The molecule has 5 nitrogen and oxygen atoms in total. The van der Waals surface area contributed by atoms with Crippen LogP contribution >= 0.6 is 0 Å². The first kappa shape index (κ1) is 17.5. The summed E-state index contributed by atoms with van der Waals surface area (Å²) in [5, 5.41) is 6.88. The van der Waals surface area contributed by atoms with Crippen LogP contribution < -0.4 is 10.6 Å². The zero-order valence-electron chi connectivity index (χ0n) is 14.8. The quantitative estimate of drug-likeness (QED) is 0.601. The number of rotatable bonds is 5. The molecular formula is C17H34N4O. The molecule has 0 amide bonds. The van der Waals surface area contributed by atoms with Crippen LogP contribution in [0.4, 0.5) is 0 Å². The van der Waals surface area contributed by atoms with Gasteiger partial charge in [-0.15, -0.1) is 0 Å². The third kappa shape index (κ3) is 5.13. The minimum Gasteiger partial charge on any atom is -0.376 e. The summed E-state index contributed by atoms with van der Waals surface area (Å²) in [5.74, 6) is 1.69. The van der Waals surface area contributed by atoms with Gasteiger partial charge in [0.05, 0.1) is 6.10 Å². The SMILES string of the molecule is CN=C(NCC1CCCO1)NCC(C)(C)N1CCCC(C)C1. The fourth-order valence-electron chi connectivity index (χ4n) is 3.39. The van der Waals surface area contributed by atoms with E-state index in [1.165, 1.54) is 32.4 Å². The highest BCUT2D eigenvalue weighted by atomic mass is 16.5. The molecule has 0 aliphatic carbocycles. The Morgan fingerprint density at radius 3 is 2.73 bits per heavy atom. The van der Waals surface area contributed by atoms with E-state index in [9.17, 15) is 0 Å². The standard InChI is InChI=1S/C17H34N4O/c1-14-7-5-9-21(12-14)17(2,3)13-20-16(18-4)19-11-15-8-6-10-22-15/h14-15H,5-13H2,1-4H3,(H2,18,19,20). The normalized spacial score (nSPS) is 27.9. The molecule has 0 aromatic heterocycles. The molecule has 2 fully saturated rings. The van der Waals surface area contributed by atoms with Gasteiger partial charge in [0, 0.05) is 38.8 Å². The molecular weight excluding hydrogens is 276 g/mol. The van der Waals surface area contributed by atoms with Crippen LogP contribution in [-0.2, 0) is 4.74 Å². The fraction of sp³-hybridized carbons (Fsp3) is 0.941. The van der Waals surface area contributed by atoms with Crippen LogP contribution in [0, 0.1) is 5.92 Å². The van der Waals surface area contributed by atoms with Gasteiger partial charge in [-0.1, -0.05) is 6.92 Å². The zero-order valence-corrected chi connectivity index (χ0v) is 14.8. The number of likely N-dealkylation sites (tertiary alicyclic amines) is 1. The molecule has 0 radical (unpaired) electrons. The van der Waals surface area contributed by atoms with Gasteiger partial charge < -0.3 is 15.4 Å². The van der Waals surface area contributed by atoms with Gasteiger partial charge in [-0.2, -0.15) is 0 Å². The second-order valence-corrected chi connectivity index (χ2v) is 7.45. The fourth-order valence-corrected chi connectivity index (χ4v) is 3.39. The zero-order chi connectivity index (χ0) is 16.0. The number of nitrogens with one attached hydrogen (secondary N) is 2. The lowest BCUT2D eigenvalue weighted by Gasteiger charge is -2.43. The lowest BCUT2D eigenvalue weighted by atomic mass is 9.93. The van der Waals surface area contributed by atoms with Gasteiger partial charge in [0.25, 0.3) is 0 Å². The van der Waals surface area contributed by atoms with E-state index < -0.39 is 0 Å². The Hall–Kier alpha value is -0.810. The van der Waals surface area contributed by atoms with E-state index in [0.29, 0.717) is 6.10 Å². The van der Waals surface area contributed by atoms with E-state index in [1.807, 2.05) is 7.05 Å². The van der Waals surface area contributed by atoms with Crippen LogP contribution in [0.25, 0.3) is 0 Å². The minimum absolute atomic E-state index is 0.149. The first-order valence-electron chi connectivity index (χ1n) is 8.82. The average molecular weight is 310 g/mol. The summed E-state index contributed by atoms with van der Waals surface area (Å²) in [6.45, 7) is 12.1. The monoisotopic (exact) mass is 310 g/mol. The van der Waals surface area contributed by atoms with Gasteiger partial charge in [0.2, 0.25) is 0 Å². The Morgan fingerprint density at radius 2 is 2.09 bits per heavy atom. The highest BCUT2D eigenvalue weighted by molar-refractivity contribution is 5.79. The van der Waals surface area contributed by atoms with Crippen molar-refractivity contribution in [1.82, 2.24) is 15.5 Å². The topological polar surface area (TPSA) is 48.9 Å². The van der Waals surface area contributed by atoms with Crippen LogP contribution in [0.3, 0.4) is 0 Å². The number of piperidine rings is 1. The molecule has 128 valence electrons. The maximum Gasteiger partial charge on any atom is 0.191 e. The van der Waals surface area contributed by atoms with Crippen LogP contribution in [0.1, 0.15) is 46.5 Å².